The summed E-state index contributed by atoms with van der Waals surface area (Å²) in [5, 5.41) is 30.1. The van der Waals surface area contributed by atoms with E-state index in [0.717, 1.165) is 17.2 Å². The zero-order valence-corrected chi connectivity index (χ0v) is 13.2. The maximum Gasteiger partial charge on any atom is 0.381 e. The molecule has 1 unspecified atom stereocenters. The number of hydrogen-bond donors (Lipinski definition) is 6. The monoisotopic (exact) mass is 361 g/mol. The molecule has 13 heteroatoms. The number of aliphatic hydroxyl groups is 3. The molecule has 2 aromatic heterocycles. The number of ether oxygens (including phenoxy) is 1. The van der Waals surface area contributed by atoms with Crippen molar-refractivity contribution in [1.82, 2.24) is 19.5 Å². The predicted molar refractivity (Wildman–Crippen MR) is 78.3 cm³/mol. The molecule has 12 nitrogen and oxygen atoms in total. The summed E-state index contributed by atoms with van der Waals surface area (Å²) < 4.78 is 18.3. The van der Waals surface area contributed by atoms with Crippen molar-refractivity contribution in [3.63, 3.8) is 0 Å². The summed E-state index contributed by atoms with van der Waals surface area (Å²) in [6, 6.07) is 0. The van der Waals surface area contributed by atoms with Gasteiger partial charge in [0.05, 0.1) is 6.10 Å². The first kappa shape index (κ1) is 17.2. The second kappa shape index (κ2) is 5.43. The van der Waals surface area contributed by atoms with Gasteiger partial charge in [0.1, 0.15) is 36.5 Å². The van der Waals surface area contributed by atoms with Crippen LogP contribution in [-0.4, -0.2) is 69.0 Å². The largest absolute Gasteiger partial charge is 0.391 e. The van der Waals surface area contributed by atoms with Crippen LogP contribution in [0.4, 0.5) is 5.82 Å². The van der Waals surface area contributed by atoms with E-state index in [1.165, 1.54) is 6.92 Å². The van der Waals surface area contributed by atoms with E-state index >= 15 is 0 Å². The maximum absolute atomic E-state index is 12.2. The van der Waals surface area contributed by atoms with E-state index in [1.54, 1.807) is 0 Å². The van der Waals surface area contributed by atoms with Crippen molar-refractivity contribution < 1.29 is 34.4 Å². The van der Waals surface area contributed by atoms with Gasteiger partial charge in [0, 0.05) is 0 Å². The van der Waals surface area contributed by atoms with Crippen LogP contribution in [0.3, 0.4) is 0 Å². The van der Waals surface area contributed by atoms with Crippen molar-refractivity contribution in [2.24, 2.45) is 0 Å². The van der Waals surface area contributed by atoms with Crippen LogP contribution in [0.25, 0.3) is 11.2 Å². The molecule has 3 heterocycles. The van der Waals surface area contributed by atoms with Gasteiger partial charge in [-0.3, -0.25) is 9.13 Å². The van der Waals surface area contributed by atoms with Crippen molar-refractivity contribution in [2.75, 3.05) is 5.73 Å². The van der Waals surface area contributed by atoms with Crippen LogP contribution < -0.4 is 5.73 Å². The molecule has 132 valence electrons. The van der Waals surface area contributed by atoms with E-state index in [0.29, 0.717) is 0 Å². The zero-order valence-electron chi connectivity index (χ0n) is 12.3. The molecular weight excluding hydrogens is 345 g/mol. The van der Waals surface area contributed by atoms with Gasteiger partial charge in [0.15, 0.2) is 11.5 Å². The van der Waals surface area contributed by atoms with E-state index in [2.05, 4.69) is 15.0 Å². The lowest BCUT2D eigenvalue weighted by atomic mass is 10.1. The van der Waals surface area contributed by atoms with E-state index in [-0.39, 0.29) is 17.0 Å². The van der Waals surface area contributed by atoms with Gasteiger partial charge in [-0.15, -0.1) is 0 Å². The molecule has 0 aliphatic carbocycles. The first-order valence-electron chi connectivity index (χ1n) is 6.83. The molecule has 1 aliphatic rings. The minimum absolute atomic E-state index is 0.0381. The first-order valence-corrected chi connectivity index (χ1v) is 8.44. The van der Waals surface area contributed by atoms with Gasteiger partial charge in [-0.1, -0.05) is 0 Å². The number of aromatic nitrogens is 4. The number of nitrogens with two attached hydrogens (primary N) is 1. The number of nitrogen functional groups attached to an aromatic ring is 1. The van der Waals surface area contributed by atoms with Crippen LogP contribution in [-0.2, 0) is 14.8 Å². The lowest BCUT2D eigenvalue weighted by molar-refractivity contribution is -0.114. The van der Waals surface area contributed by atoms with Gasteiger partial charge in [0.25, 0.3) is 5.47 Å². The normalized spacial score (nSPS) is 32.3. The summed E-state index contributed by atoms with van der Waals surface area (Å²) in [4.78, 5) is 31.2. The molecule has 3 rings (SSSR count). The minimum Gasteiger partial charge on any atom is -0.391 e. The number of anilines is 1. The predicted octanol–water partition coefficient (Wildman–Crippen LogP) is -2.30. The van der Waals surface area contributed by atoms with Crippen LogP contribution >= 0.6 is 7.60 Å². The first-order chi connectivity index (χ1) is 11.1. The van der Waals surface area contributed by atoms with Crippen molar-refractivity contribution in [2.45, 2.75) is 36.8 Å². The fourth-order valence-electron chi connectivity index (χ4n) is 2.79. The SMILES string of the molecule is CC(O)[C@H]1O[C@](n2cnc3c(N)ncnc32)(P(=O)(O)O)[C@H](O)[C@@H]1O. The Morgan fingerprint density at radius 1 is 1.38 bits per heavy atom. The fraction of sp³-hybridized carbons (Fsp3) is 0.545. The van der Waals surface area contributed by atoms with Crippen molar-refractivity contribution in [3.8, 4) is 0 Å². The summed E-state index contributed by atoms with van der Waals surface area (Å²) >= 11 is 0. The van der Waals surface area contributed by atoms with Gasteiger partial charge in [-0.05, 0) is 6.92 Å². The molecule has 0 saturated carbocycles. The highest BCUT2D eigenvalue weighted by atomic mass is 31.2. The Morgan fingerprint density at radius 2 is 2.04 bits per heavy atom. The molecule has 1 aliphatic heterocycles. The molecule has 0 amide bonds. The number of nitrogens with zero attached hydrogens (tertiary/aromatic N) is 4. The smallest absolute Gasteiger partial charge is 0.381 e. The second-order valence-corrected chi connectivity index (χ2v) is 7.24. The molecule has 0 radical (unpaired) electrons. The minimum atomic E-state index is -5.24. The van der Waals surface area contributed by atoms with Crippen LogP contribution in [0.15, 0.2) is 12.7 Å². The maximum atomic E-state index is 12.2. The highest BCUT2D eigenvalue weighted by Gasteiger charge is 2.67. The molecular formula is C11H16N5O7P. The van der Waals surface area contributed by atoms with Gasteiger partial charge >= 0.3 is 7.60 Å². The molecule has 2 aromatic rings. The van der Waals surface area contributed by atoms with E-state index in [9.17, 15) is 29.7 Å². The average molecular weight is 361 g/mol. The number of rotatable bonds is 3. The Morgan fingerprint density at radius 3 is 2.58 bits per heavy atom. The molecule has 1 saturated heterocycles. The summed E-state index contributed by atoms with van der Waals surface area (Å²) in [7, 11) is -5.24. The van der Waals surface area contributed by atoms with Crippen molar-refractivity contribution in [1.29, 1.82) is 0 Å². The highest BCUT2D eigenvalue weighted by molar-refractivity contribution is 7.52. The number of aliphatic hydroxyl groups excluding tert-OH is 3. The molecule has 5 atom stereocenters. The highest BCUT2D eigenvalue weighted by Crippen LogP contribution is 2.61. The standard InChI is InChI=1S/C11H16N5O7P/c1-4(17)7-6(18)8(19)11(23-7,24(20,21)22)16-3-15-5-9(12)13-2-14-10(5)16/h2-4,6-8,17-19H,1H3,(H2,12,13,14)(H2,20,21,22)/t4?,6-,7-,8-,11+/m1/s1. The van der Waals surface area contributed by atoms with Crippen LogP contribution in [0.2, 0.25) is 0 Å². The summed E-state index contributed by atoms with van der Waals surface area (Å²) in [5.74, 6) is -0.0419. The molecule has 0 spiro atoms. The number of hydrogen-bond acceptors (Lipinski definition) is 9. The van der Waals surface area contributed by atoms with Crippen molar-refractivity contribution >= 4 is 24.6 Å². The zero-order chi connectivity index (χ0) is 17.9. The number of imidazole rings is 1. The summed E-state index contributed by atoms with van der Waals surface area (Å²) in [5.41, 5.74) is 2.86. The Balaban J connectivity index is 2.29. The van der Waals surface area contributed by atoms with Gasteiger partial charge < -0.3 is 35.6 Å². The lowest BCUT2D eigenvalue weighted by Gasteiger charge is -2.33. The Hall–Kier alpha value is -1.66. The molecule has 0 aromatic carbocycles. The molecule has 0 bridgehead atoms. The third kappa shape index (κ3) is 2.16. The summed E-state index contributed by atoms with van der Waals surface area (Å²) in [6.07, 6.45) is -4.55. The van der Waals surface area contributed by atoms with Crippen LogP contribution in [0.5, 0.6) is 0 Å². The Kier molecular flexibility index (Phi) is 3.88. The van der Waals surface area contributed by atoms with Crippen LogP contribution in [0.1, 0.15) is 6.92 Å². The third-order valence-electron chi connectivity index (χ3n) is 3.95. The van der Waals surface area contributed by atoms with E-state index in [1.807, 2.05) is 0 Å². The van der Waals surface area contributed by atoms with E-state index < -0.39 is 37.5 Å². The van der Waals surface area contributed by atoms with Gasteiger partial charge in [-0.25, -0.2) is 15.0 Å². The lowest BCUT2D eigenvalue weighted by Crippen LogP contribution is -2.45. The Bertz CT molecular complexity index is 822. The second-order valence-electron chi connectivity index (χ2n) is 5.51. The van der Waals surface area contributed by atoms with Crippen LogP contribution in [0, 0.1) is 0 Å². The Labute approximate surface area is 134 Å². The van der Waals surface area contributed by atoms with E-state index in [4.69, 9.17) is 10.5 Å². The topological polar surface area (TPSA) is 197 Å². The third-order valence-corrected chi connectivity index (χ3v) is 5.37. The fourth-order valence-corrected chi connectivity index (χ4v) is 3.98. The molecule has 7 N–H and O–H groups in total. The van der Waals surface area contributed by atoms with Gasteiger partial charge in [0.2, 0.25) is 0 Å². The quantitative estimate of drug-likeness (QED) is 0.321. The van der Waals surface area contributed by atoms with Gasteiger partial charge in [-0.2, -0.15) is 0 Å². The average Bonchev–Trinajstić information content (AvgIpc) is 3.01. The van der Waals surface area contributed by atoms with Crippen molar-refractivity contribution in [3.05, 3.63) is 12.7 Å². The molecule has 24 heavy (non-hydrogen) atoms. The number of fused-ring (bicyclic) bond motifs is 1. The summed E-state index contributed by atoms with van der Waals surface area (Å²) in [6.45, 7) is 1.25. The molecule has 1 fully saturated rings.